The summed E-state index contributed by atoms with van der Waals surface area (Å²) in [5.41, 5.74) is -0.137. The minimum absolute atomic E-state index is 0.0667. The number of oxime groups is 1. The van der Waals surface area contributed by atoms with E-state index in [2.05, 4.69) is 9.99 Å². The summed E-state index contributed by atoms with van der Waals surface area (Å²) in [5, 5.41) is 12.2. The third-order valence-corrected chi connectivity index (χ3v) is 2.72. The molecule has 1 N–H and O–H groups in total. The molecule has 0 radical (unpaired) electrons. The first kappa shape index (κ1) is 13.1. The van der Waals surface area contributed by atoms with Crippen LogP contribution in [0.1, 0.15) is 12.0 Å². The molecule has 1 aliphatic heterocycles. The molecule has 1 aromatic carbocycles. The second-order valence-corrected chi connectivity index (χ2v) is 4.12. The summed E-state index contributed by atoms with van der Waals surface area (Å²) in [5.74, 6) is -4.15. The minimum Gasteiger partial charge on any atom is -0.350 e. The number of halogens is 5. The number of alkyl halides is 3. The molecule has 0 aliphatic carbocycles. The van der Waals surface area contributed by atoms with E-state index in [1.54, 1.807) is 0 Å². The summed E-state index contributed by atoms with van der Waals surface area (Å²) < 4.78 is 50.4. The normalized spacial score (nSPS) is 23.8. The van der Waals surface area contributed by atoms with Gasteiger partial charge < -0.3 is 9.94 Å². The number of benzene rings is 1. The summed E-state index contributed by atoms with van der Waals surface area (Å²) >= 11 is 5.44. The summed E-state index contributed by atoms with van der Waals surface area (Å²) in [7, 11) is 0. The summed E-state index contributed by atoms with van der Waals surface area (Å²) in [6.07, 6.45) is -5.89. The molecule has 1 unspecified atom stereocenters. The van der Waals surface area contributed by atoms with Crippen LogP contribution in [0.25, 0.3) is 0 Å². The smallest absolute Gasteiger partial charge is 0.350 e. The third-order valence-electron chi connectivity index (χ3n) is 2.41. The van der Waals surface area contributed by atoms with Crippen molar-refractivity contribution in [2.24, 2.45) is 5.16 Å². The predicted molar refractivity (Wildman–Crippen MR) is 54.7 cm³/mol. The van der Waals surface area contributed by atoms with E-state index >= 15 is 0 Å². The highest BCUT2D eigenvalue weighted by Crippen LogP contribution is 2.39. The first-order valence-electron chi connectivity index (χ1n) is 4.72. The van der Waals surface area contributed by atoms with Gasteiger partial charge in [0.25, 0.3) is 0 Å². The number of hydrogen-bond donors (Lipinski definition) is 1. The second-order valence-electron chi connectivity index (χ2n) is 3.72. The minimum atomic E-state index is -4.98. The molecule has 1 heterocycles. The molecular weight excluding hydrogens is 278 g/mol. The average Bonchev–Trinajstić information content (AvgIpc) is 2.66. The Hall–Kier alpha value is -1.34. The second kappa shape index (κ2) is 4.10. The van der Waals surface area contributed by atoms with Gasteiger partial charge in [-0.15, -0.1) is 0 Å². The Balaban J connectivity index is 2.26. The molecule has 3 nitrogen and oxygen atoms in total. The van der Waals surface area contributed by atoms with E-state index in [0.717, 1.165) is 6.07 Å². The van der Waals surface area contributed by atoms with Crippen LogP contribution >= 0.6 is 11.6 Å². The van der Waals surface area contributed by atoms with Crippen LogP contribution in [0.3, 0.4) is 0 Å². The molecule has 1 aliphatic rings. The van der Waals surface area contributed by atoms with Gasteiger partial charge in [-0.2, -0.15) is 13.2 Å². The SMILES string of the molecule is OC1(C(F)(F)F)CC(c2ccc(Cl)c(F)c2)=NO1. The Bertz CT molecular complexity index is 517. The quantitative estimate of drug-likeness (QED) is 0.805. The van der Waals surface area contributed by atoms with Gasteiger partial charge in [-0.25, -0.2) is 4.39 Å². The van der Waals surface area contributed by atoms with Gasteiger partial charge in [0, 0.05) is 5.56 Å². The Morgan fingerprint density at radius 1 is 1.39 bits per heavy atom. The van der Waals surface area contributed by atoms with Crippen molar-refractivity contribution in [3.8, 4) is 0 Å². The molecule has 0 saturated carbocycles. The molecule has 0 aromatic heterocycles. The first-order valence-corrected chi connectivity index (χ1v) is 5.10. The standard InChI is InChI=1S/C10H6ClF4NO2/c11-6-2-1-5(3-7(6)12)8-4-9(17,18-16-8)10(13,14)15/h1-3,17H,4H2. The number of rotatable bonds is 1. The zero-order chi connectivity index (χ0) is 13.6. The van der Waals surface area contributed by atoms with E-state index in [0.29, 0.717) is 0 Å². The van der Waals surface area contributed by atoms with E-state index in [4.69, 9.17) is 11.6 Å². The first-order chi connectivity index (χ1) is 8.23. The maximum Gasteiger partial charge on any atom is 0.458 e. The van der Waals surface area contributed by atoms with Crippen molar-refractivity contribution < 1.29 is 27.5 Å². The van der Waals surface area contributed by atoms with Gasteiger partial charge in [0.1, 0.15) is 5.82 Å². The number of nitrogens with zero attached hydrogens (tertiary/aromatic N) is 1. The topological polar surface area (TPSA) is 41.8 Å². The zero-order valence-electron chi connectivity index (χ0n) is 8.63. The highest BCUT2D eigenvalue weighted by Gasteiger charge is 2.60. The highest BCUT2D eigenvalue weighted by molar-refractivity contribution is 6.30. The van der Waals surface area contributed by atoms with Gasteiger partial charge in [-0.1, -0.05) is 22.8 Å². The van der Waals surface area contributed by atoms with Crippen LogP contribution in [-0.2, 0) is 4.84 Å². The fourth-order valence-corrected chi connectivity index (χ4v) is 1.52. The largest absolute Gasteiger partial charge is 0.458 e. The van der Waals surface area contributed by atoms with Crippen LogP contribution in [-0.4, -0.2) is 22.8 Å². The number of aliphatic hydroxyl groups is 1. The summed E-state index contributed by atoms with van der Waals surface area (Å²) in [6.45, 7) is 0. The van der Waals surface area contributed by atoms with Crippen molar-refractivity contribution in [1.82, 2.24) is 0 Å². The maximum absolute atomic E-state index is 13.1. The Kier molecular flexibility index (Phi) is 2.98. The molecule has 18 heavy (non-hydrogen) atoms. The fraction of sp³-hybridized carbons (Fsp3) is 0.300. The molecule has 0 fully saturated rings. The summed E-state index contributed by atoms with van der Waals surface area (Å²) in [4.78, 5) is 4.01. The highest BCUT2D eigenvalue weighted by atomic mass is 35.5. The lowest BCUT2D eigenvalue weighted by Crippen LogP contribution is -2.45. The van der Waals surface area contributed by atoms with Gasteiger partial charge >= 0.3 is 12.0 Å². The molecule has 8 heteroatoms. The van der Waals surface area contributed by atoms with Crippen LogP contribution in [0.4, 0.5) is 17.6 Å². The van der Waals surface area contributed by atoms with Crippen molar-refractivity contribution in [3.05, 3.63) is 34.6 Å². The van der Waals surface area contributed by atoms with E-state index < -0.39 is 24.2 Å². The monoisotopic (exact) mass is 283 g/mol. The third kappa shape index (κ3) is 2.15. The van der Waals surface area contributed by atoms with Crippen LogP contribution in [0, 0.1) is 5.82 Å². The van der Waals surface area contributed by atoms with Gasteiger partial charge in [-0.05, 0) is 12.1 Å². The van der Waals surface area contributed by atoms with E-state index in [-0.39, 0.29) is 16.3 Å². The van der Waals surface area contributed by atoms with Crippen LogP contribution < -0.4 is 0 Å². The molecule has 1 atom stereocenters. The van der Waals surface area contributed by atoms with Crippen molar-refractivity contribution in [2.45, 2.75) is 18.4 Å². The van der Waals surface area contributed by atoms with Crippen molar-refractivity contribution >= 4 is 17.3 Å². The predicted octanol–water partition coefficient (Wildman–Crippen LogP) is 2.85. The Labute approximate surface area is 104 Å². The molecule has 0 bridgehead atoms. The molecular formula is C10H6ClF4NO2. The molecule has 1 aromatic rings. The molecule has 0 saturated heterocycles. The fourth-order valence-electron chi connectivity index (χ4n) is 1.40. The molecule has 0 amide bonds. The molecule has 0 spiro atoms. The number of hydrogen-bond acceptors (Lipinski definition) is 3. The van der Waals surface area contributed by atoms with Crippen molar-refractivity contribution in [1.29, 1.82) is 0 Å². The van der Waals surface area contributed by atoms with Gasteiger partial charge in [-0.3, -0.25) is 0 Å². The lowest BCUT2D eigenvalue weighted by molar-refractivity contribution is -0.355. The van der Waals surface area contributed by atoms with E-state index in [1.165, 1.54) is 12.1 Å². The van der Waals surface area contributed by atoms with Gasteiger partial charge in [0.15, 0.2) is 0 Å². The Morgan fingerprint density at radius 2 is 2.06 bits per heavy atom. The van der Waals surface area contributed by atoms with E-state index in [1.807, 2.05) is 0 Å². The lowest BCUT2D eigenvalue weighted by atomic mass is 10.0. The molecule has 98 valence electrons. The molecule has 2 rings (SSSR count). The lowest BCUT2D eigenvalue weighted by Gasteiger charge is -2.22. The Morgan fingerprint density at radius 3 is 2.56 bits per heavy atom. The van der Waals surface area contributed by atoms with Crippen LogP contribution in [0.15, 0.2) is 23.4 Å². The van der Waals surface area contributed by atoms with Crippen molar-refractivity contribution in [2.75, 3.05) is 0 Å². The zero-order valence-corrected chi connectivity index (χ0v) is 9.39. The van der Waals surface area contributed by atoms with Gasteiger partial charge in [0.2, 0.25) is 0 Å². The van der Waals surface area contributed by atoms with Crippen LogP contribution in [0.2, 0.25) is 5.02 Å². The summed E-state index contributed by atoms with van der Waals surface area (Å²) in [6, 6.07) is 3.39. The van der Waals surface area contributed by atoms with Gasteiger partial charge in [0.05, 0.1) is 17.2 Å². The average molecular weight is 284 g/mol. The maximum atomic E-state index is 13.1. The van der Waals surface area contributed by atoms with Crippen LogP contribution in [0.5, 0.6) is 0 Å². The van der Waals surface area contributed by atoms with E-state index in [9.17, 15) is 22.7 Å². The van der Waals surface area contributed by atoms with Crippen molar-refractivity contribution in [3.63, 3.8) is 0 Å².